The highest BCUT2D eigenvalue weighted by atomic mass is 19.4. The van der Waals surface area contributed by atoms with E-state index in [9.17, 15) is 13.2 Å². The molecule has 2 aromatic heterocycles. The van der Waals surface area contributed by atoms with Gasteiger partial charge in [-0.3, -0.25) is 0 Å². The van der Waals surface area contributed by atoms with Crippen molar-refractivity contribution in [3.8, 4) is 22.9 Å². The van der Waals surface area contributed by atoms with E-state index in [1.807, 2.05) is 24.3 Å². The van der Waals surface area contributed by atoms with Crippen LogP contribution in [0.1, 0.15) is 17.3 Å². The van der Waals surface area contributed by atoms with Gasteiger partial charge in [0.1, 0.15) is 11.8 Å². The molecule has 9 heteroatoms. The predicted molar refractivity (Wildman–Crippen MR) is 110 cm³/mol. The van der Waals surface area contributed by atoms with Crippen molar-refractivity contribution in [3.05, 3.63) is 78.2 Å². The van der Waals surface area contributed by atoms with Crippen LogP contribution in [0.15, 0.2) is 67.0 Å². The fourth-order valence-corrected chi connectivity index (χ4v) is 3.04. The Balaban J connectivity index is 1.66. The molecule has 0 fully saturated rings. The summed E-state index contributed by atoms with van der Waals surface area (Å²) in [6.45, 7) is 0.254. The summed E-state index contributed by atoms with van der Waals surface area (Å²) < 4.78 is 44.3. The molecule has 0 radical (unpaired) electrons. The fraction of sp³-hybridized carbons (Fsp3) is 0.136. The zero-order chi connectivity index (χ0) is 22.0. The molecule has 0 spiro atoms. The number of nitrogens with two attached hydrogens (primary N) is 2. The number of ether oxygens (including phenoxy) is 1. The van der Waals surface area contributed by atoms with Crippen molar-refractivity contribution in [3.63, 3.8) is 0 Å². The molecule has 4 N–H and O–H groups in total. The highest BCUT2D eigenvalue weighted by Gasteiger charge is 2.30. The van der Waals surface area contributed by atoms with Gasteiger partial charge in [-0.15, -0.1) is 0 Å². The van der Waals surface area contributed by atoms with Crippen LogP contribution in [0.2, 0.25) is 0 Å². The highest BCUT2D eigenvalue weighted by Crippen LogP contribution is 2.32. The molecule has 0 saturated heterocycles. The third-order valence-electron chi connectivity index (χ3n) is 4.70. The van der Waals surface area contributed by atoms with E-state index in [4.69, 9.17) is 16.2 Å². The van der Waals surface area contributed by atoms with Crippen LogP contribution >= 0.6 is 0 Å². The van der Waals surface area contributed by atoms with Crippen molar-refractivity contribution >= 4 is 10.9 Å². The Kier molecular flexibility index (Phi) is 5.53. The molecule has 0 aliphatic heterocycles. The van der Waals surface area contributed by atoms with Crippen LogP contribution in [0, 0.1) is 0 Å². The van der Waals surface area contributed by atoms with E-state index in [-0.39, 0.29) is 12.4 Å². The van der Waals surface area contributed by atoms with Crippen LogP contribution in [0.4, 0.5) is 13.2 Å². The Labute approximate surface area is 175 Å². The van der Waals surface area contributed by atoms with Crippen molar-refractivity contribution in [2.75, 3.05) is 6.54 Å². The van der Waals surface area contributed by atoms with E-state index in [0.29, 0.717) is 28.2 Å². The number of fused-ring (bicyclic) bond motifs is 1. The smallest absolute Gasteiger partial charge is 0.416 e. The number of rotatable bonds is 5. The van der Waals surface area contributed by atoms with E-state index < -0.39 is 17.8 Å². The molecule has 1 atom stereocenters. The molecule has 2 aromatic carbocycles. The van der Waals surface area contributed by atoms with E-state index >= 15 is 0 Å². The molecule has 6 nitrogen and oxygen atoms in total. The van der Waals surface area contributed by atoms with E-state index in [1.165, 1.54) is 18.5 Å². The number of pyridine rings is 1. The predicted octanol–water partition coefficient (Wildman–Crippen LogP) is 4.46. The molecule has 4 aromatic rings. The van der Waals surface area contributed by atoms with Gasteiger partial charge in [0.25, 0.3) is 0 Å². The standard InChI is InChI=1S/C22H18F3N5O/c23-22(24,25)15-7-4-13(5-8-15)18-10-20(29-12-28-18)31-19-3-1-2-14-6-9-17(16(27)11-26)30-21(14)19/h1-10,12,16H,11,26-27H2. The molecule has 158 valence electrons. The first kappa shape index (κ1) is 20.7. The summed E-state index contributed by atoms with van der Waals surface area (Å²) in [6, 6.07) is 15.0. The van der Waals surface area contributed by atoms with E-state index in [1.54, 1.807) is 12.1 Å². The van der Waals surface area contributed by atoms with E-state index in [0.717, 1.165) is 17.5 Å². The first-order chi connectivity index (χ1) is 14.8. The van der Waals surface area contributed by atoms with Gasteiger partial charge in [0, 0.05) is 23.6 Å². The number of hydrogen-bond acceptors (Lipinski definition) is 6. The minimum absolute atomic E-state index is 0.229. The number of benzene rings is 2. The number of alkyl halides is 3. The average Bonchev–Trinajstić information content (AvgIpc) is 2.78. The quantitative estimate of drug-likeness (QED) is 0.490. The summed E-state index contributed by atoms with van der Waals surface area (Å²) in [4.78, 5) is 12.8. The van der Waals surface area contributed by atoms with Crippen LogP contribution in [-0.4, -0.2) is 21.5 Å². The zero-order valence-corrected chi connectivity index (χ0v) is 16.2. The third-order valence-corrected chi connectivity index (χ3v) is 4.70. The molecule has 0 amide bonds. The largest absolute Gasteiger partial charge is 0.437 e. The fourth-order valence-electron chi connectivity index (χ4n) is 3.04. The lowest BCUT2D eigenvalue weighted by molar-refractivity contribution is -0.137. The first-order valence-electron chi connectivity index (χ1n) is 9.38. The number of halogens is 3. The van der Waals surface area contributed by atoms with Gasteiger partial charge in [-0.1, -0.05) is 30.3 Å². The Bertz CT molecular complexity index is 1210. The van der Waals surface area contributed by atoms with Gasteiger partial charge >= 0.3 is 6.18 Å². The monoisotopic (exact) mass is 425 g/mol. The third kappa shape index (κ3) is 4.47. The Morgan fingerprint density at radius 1 is 0.968 bits per heavy atom. The molecule has 0 aliphatic carbocycles. The van der Waals surface area contributed by atoms with Gasteiger partial charge in [0.2, 0.25) is 5.88 Å². The second kappa shape index (κ2) is 8.29. The van der Waals surface area contributed by atoms with Crippen LogP contribution < -0.4 is 16.2 Å². The summed E-state index contributed by atoms with van der Waals surface area (Å²) in [5.41, 5.74) is 13.1. The van der Waals surface area contributed by atoms with Gasteiger partial charge in [-0.2, -0.15) is 13.2 Å². The highest BCUT2D eigenvalue weighted by molar-refractivity contribution is 5.85. The van der Waals surface area contributed by atoms with Crippen LogP contribution in [0.3, 0.4) is 0 Å². The van der Waals surface area contributed by atoms with Gasteiger partial charge in [-0.05, 0) is 24.3 Å². The maximum Gasteiger partial charge on any atom is 0.416 e. The number of aromatic nitrogens is 3. The second-order valence-corrected chi connectivity index (χ2v) is 6.82. The van der Waals surface area contributed by atoms with Crippen LogP contribution in [0.25, 0.3) is 22.2 Å². The molecular weight excluding hydrogens is 407 g/mol. The molecule has 0 bridgehead atoms. The van der Waals surface area contributed by atoms with Gasteiger partial charge in [-0.25, -0.2) is 15.0 Å². The minimum Gasteiger partial charge on any atom is -0.437 e. The molecule has 4 rings (SSSR count). The second-order valence-electron chi connectivity index (χ2n) is 6.82. The maximum atomic E-state index is 12.8. The van der Waals surface area contributed by atoms with Crippen molar-refractivity contribution < 1.29 is 17.9 Å². The van der Waals surface area contributed by atoms with Crippen molar-refractivity contribution in [1.82, 2.24) is 15.0 Å². The summed E-state index contributed by atoms with van der Waals surface area (Å²) in [7, 11) is 0. The van der Waals surface area contributed by atoms with Crippen molar-refractivity contribution in [1.29, 1.82) is 0 Å². The van der Waals surface area contributed by atoms with E-state index in [2.05, 4.69) is 15.0 Å². The Morgan fingerprint density at radius 2 is 1.74 bits per heavy atom. The van der Waals surface area contributed by atoms with Crippen LogP contribution in [0.5, 0.6) is 11.6 Å². The first-order valence-corrected chi connectivity index (χ1v) is 9.38. The lowest BCUT2D eigenvalue weighted by Crippen LogP contribution is -2.21. The van der Waals surface area contributed by atoms with Crippen LogP contribution in [-0.2, 0) is 6.18 Å². The summed E-state index contributed by atoms with van der Waals surface area (Å²) in [5.74, 6) is 0.688. The van der Waals surface area contributed by atoms with Gasteiger partial charge in [0.05, 0.1) is 23.0 Å². The summed E-state index contributed by atoms with van der Waals surface area (Å²) >= 11 is 0. The number of para-hydroxylation sites is 1. The minimum atomic E-state index is -4.40. The molecule has 0 saturated carbocycles. The maximum absolute atomic E-state index is 12.8. The summed E-state index contributed by atoms with van der Waals surface area (Å²) in [6.07, 6.45) is -3.11. The normalized spacial score (nSPS) is 12.7. The molecule has 31 heavy (non-hydrogen) atoms. The number of hydrogen-bond donors (Lipinski definition) is 2. The Hall–Kier alpha value is -3.56. The average molecular weight is 425 g/mol. The molecular formula is C22H18F3N5O. The molecule has 0 aliphatic rings. The van der Waals surface area contributed by atoms with Gasteiger partial charge in [0.15, 0.2) is 5.75 Å². The molecule has 2 heterocycles. The van der Waals surface area contributed by atoms with Crippen molar-refractivity contribution in [2.45, 2.75) is 12.2 Å². The lowest BCUT2D eigenvalue weighted by atomic mass is 10.1. The summed E-state index contributed by atoms with van der Waals surface area (Å²) in [5, 5.41) is 0.850. The lowest BCUT2D eigenvalue weighted by Gasteiger charge is -2.12. The topological polar surface area (TPSA) is 99.9 Å². The Morgan fingerprint density at radius 3 is 2.45 bits per heavy atom. The SMILES string of the molecule is NCC(N)c1ccc2cccc(Oc3cc(-c4ccc(C(F)(F)F)cc4)ncn3)c2n1. The molecule has 1 unspecified atom stereocenters. The van der Waals surface area contributed by atoms with Gasteiger partial charge < -0.3 is 16.2 Å². The zero-order valence-electron chi connectivity index (χ0n) is 16.2. The number of nitrogens with zero attached hydrogens (tertiary/aromatic N) is 3. The van der Waals surface area contributed by atoms with Crippen molar-refractivity contribution in [2.24, 2.45) is 11.5 Å².